The van der Waals surface area contributed by atoms with E-state index in [1.807, 2.05) is 0 Å². The Kier molecular flexibility index (Phi) is 4.03. The predicted octanol–water partition coefficient (Wildman–Crippen LogP) is 1.90. The summed E-state index contributed by atoms with van der Waals surface area (Å²) in [5, 5.41) is 13.1. The van der Waals surface area contributed by atoms with E-state index in [0.29, 0.717) is 24.6 Å². The van der Waals surface area contributed by atoms with E-state index in [1.165, 1.54) is 12.3 Å². The minimum absolute atomic E-state index is 0.0308. The summed E-state index contributed by atoms with van der Waals surface area (Å²) in [6.45, 7) is 2.81. The number of halogens is 1. The Bertz CT molecular complexity index is 1160. The van der Waals surface area contributed by atoms with Crippen molar-refractivity contribution in [2.75, 3.05) is 13.1 Å². The van der Waals surface area contributed by atoms with Gasteiger partial charge in [-0.2, -0.15) is 0 Å². The number of fused-ring (bicyclic) bond motifs is 2. The molecular weight excluding hydrogens is 389 g/mol. The van der Waals surface area contributed by atoms with Gasteiger partial charge >= 0.3 is 0 Å². The van der Waals surface area contributed by atoms with Gasteiger partial charge in [-0.1, -0.05) is 12.1 Å². The van der Waals surface area contributed by atoms with Crippen LogP contribution in [0.4, 0.5) is 4.39 Å². The van der Waals surface area contributed by atoms with Crippen molar-refractivity contribution in [3.05, 3.63) is 62.8 Å². The van der Waals surface area contributed by atoms with Gasteiger partial charge in [0.15, 0.2) is 11.4 Å². The lowest BCUT2D eigenvalue weighted by Gasteiger charge is -2.36. The zero-order valence-corrected chi connectivity index (χ0v) is 16.6. The van der Waals surface area contributed by atoms with E-state index in [9.17, 15) is 23.9 Å². The highest BCUT2D eigenvalue weighted by molar-refractivity contribution is 5.99. The van der Waals surface area contributed by atoms with Crippen LogP contribution in [-0.2, 0) is 12.1 Å². The van der Waals surface area contributed by atoms with Gasteiger partial charge in [-0.3, -0.25) is 14.4 Å². The number of nitrogens with zero attached hydrogens (tertiary/aromatic N) is 2. The molecule has 1 saturated carbocycles. The zero-order chi connectivity index (χ0) is 21.2. The molecule has 2 amide bonds. The fraction of sp³-hybridized carbons (Fsp3) is 0.409. The van der Waals surface area contributed by atoms with Crippen molar-refractivity contribution >= 4 is 11.8 Å². The SMILES string of the molecule is Cc1ccc(CNC(=O)c2cn3c(c(O)c2=O)C(=O)N2CCCC4CC43C2)c(F)c1. The van der Waals surface area contributed by atoms with Gasteiger partial charge in [0.2, 0.25) is 5.43 Å². The van der Waals surface area contributed by atoms with Crippen LogP contribution in [0, 0.1) is 18.7 Å². The van der Waals surface area contributed by atoms with Crippen LogP contribution in [0.3, 0.4) is 0 Å². The average Bonchev–Trinajstić information content (AvgIpc) is 3.41. The minimum atomic E-state index is -0.884. The van der Waals surface area contributed by atoms with Crippen LogP contribution >= 0.6 is 0 Å². The summed E-state index contributed by atoms with van der Waals surface area (Å²) in [6.07, 6.45) is 4.10. The van der Waals surface area contributed by atoms with Crippen LogP contribution in [0.1, 0.15) is 51.2 Å². The third kappa shape index (κ3) is 2.66. The molecule has 2 bridgehead atoms. The maximum atomic E-state index is 14.1. The molecule has 8 heteroatoms. The van der Waals surface area contributed by atoms with Crippen LogP contribution in [0.25, 0.3) is 0 Å². The Balaban J connectivity index is 1.50. The molecule has 2 unspecified atom stereocenters. The molecule has 2 aliphatic heterocycles. The lowest BCUT2D eigenvalue weighted by Crippen LogP contribution is -2.49. The van der Waals surface area contributed by atoms with Gasteiger partial charge in [-0.15, -0.1) is 0 Å². The number of aryl methyl sites for hydroxylation is 1. The summed E-state index contributed by atoms with van der Waals surface area (Å²) in [5.41, 5.74) is -0.452. The standard InChI is InChI=1S/C22H22FN3O4/c1-12-4-5-13(16(23)7-12)9-24-20(29)15-10-26-17(19(28)18(15)27)21(30)25-6-2-3-14-8-22(14,26)11-25/h4-5,7,10,14,28H,2-3,6,8-9,11H2,1H3,(H,24,29). The van der Waals surface area contributed by atoms with Gasteiger partial charge in [-0.05, 0) is 43.7 Å². The molecule has 30 heavy (non-hydrogen) atoms. The highest BCUT2D eigenvalue weighted by Gasteiger charge is 2.61. The molecule has 2 aromatic rings. The fourth-order valence-electron chi connectivity index (χ4n) is 4.95. The first-order valence-electron chi connectivity index (χ1n) is 10.1. The predicted molar refractivity (Wildman–Crippen MR) is 106 cm³/mol. The summed E-state index contributed by atoms with van der Waals surface area (Å²) in [6, 6.07) is 4.69. The number of pyridine rings is 1. The van der Waals surface area contributed by atoms with Gasteiger partial charge < -0.3 is 19.9 Å². The number of hydrogen-bond donors (Lipinski definition) is 2. The monoisotopic (exact) mass is 411 g/mol. The second-order valence-electron chi connectivity index (χ2n) is 8.59. The van der Waals surface area contributed by atoms with Gasteiger partial charge in [0.25, 0.3) is 11.8 Å². The Morgan fingerprint density at radius 2 is 2.17 bits per heavy atom. The fourth-order valence-corrected chi connectivity index (χ4v) is 4.95. The van der Waals surface area contributed by atoms with Crippen LogP contribution in [0.5, 0.6) is 5.75 Å². The van der Waals surface area contributed by atoms with Crippen molar-refractivity contribution in [2.24, 2.45) is 5.92 Å². The van der Waals surface area contributed by atoms with E-state index in [1.54, 1.807) is 28.5 Å². The first kappa shape index (κ1) is 18.8. The van der Waals surface area contributed by atoms with E-state index in [0.717, 1.165) is 24.8 Å². The molecule has 3 heterocycles. The number of aromatic hydroxyl groups is 1. The summed E-state index contributed by atoms with van der Waals surface area (Å²) < 4.78 is 15.7. The largest absolute Gasteiger partial charge is 0.503 e. The van der Waals surface area contributed by atoms with Gasteiger partial charge in [0.05, 0.1) is 5.54 Å². The second kappa shape index (κ2) is 6.42. The van der Waals surface area contributed by atoms with E-state index in [-0.39, 0.29) is 29.2 Å². The molecule has 156 valence electrons. The first-order chi connectivity index (χ1) is 14.3. The molecule has 1 aromatic heterocycles. The summed E-state index contributed by atoms with van der Waals surface area (Å²) in [4.78, 5) is 40.0. The van der Waals surface area contributed by atoms with Gasteiger partial charge in [0.1, 0.15) is 11.4 Å². The van der Waals surface area contributed by atoms with Crippen molar-refractivity contribution in [1.82, 2.24) is 14.8 Å². The molecule has 0 radical (unpaired) electrons. The van der Waals surface area contributed by atoms with Crippen molar-refractivity contribution in [3.63, 3.8) is 0 Å². The third-order valence-corrected chi connectivity index (χ3v) is 6.69. The topological polar surface area (TPSA) is 91.6 Å². The third-order valence-electron chi connectivity index (χ3n) is 6.69. The van der Waals surface area contributed by atoms with Crippen molar-refractivity contribution in [2.45, 2.75) is 38.3 Å². The lowest BCUT2D eigenvalue weighted by atomic mass is 10.0. The Hall–Kier alpha value is -3.16. The molecule has 1 spiro atoms. The maximum absolute atomic E-state index is 14.1. The van der Waals surface area contributed by atoms with Gasteiger partial charge in [0, 0.05) is 31.4 Å². The normalized spacial score (nSPS) is 24.0. The van der Waals surface area contributed by atoms with Crippen molar-refractivity contribution in [1.29, 1.82) is 0 Å². The summed E-state index contributed by atoms with van der Waals surface area (Å²) in [5.74, 6) is -1.86. The van der Waals surface area contributed by atoms with Crippen LogP contribution in [0.2, 0.25) is 0 Å². The number of aromatic nitrogens is 1. The average molecular weight is 411 g/mol. The van der Waals surface area contributed by atoms with Crippen molar-refractivity contribution in [3.8, 4) is 5.75 Å². The number of nitrogens with one attached hydrogen (secondary N) is 1. The molecule has 1 aliphatic carbocycles. The first-order valence-corrected chi connectivity index (χ1v) is 10.1. The Labute approximate surface area is 172 Å². The lowest BCUT2D eigenvalue weighted by molar-refractivity contribution is 0.0650. The Morgan fingerprint density at radius 1 is 1.37 bits per heavy atom. The highest BCUT2D eigenvalue weighted by Crippen LogP contribution is 2.57. The molecule has 1 saturated heterocycles. The molecular formula is C22H22FN3O4. The maximum Gasteiger partial charge on any atom is 0.274 e. The quantitative estimate of drug-likeness (QED) is 0.807. The van der Waals surface area contributed by atoms with Gasteiger partial charge in [-0.25, -0.2) is 4.39 Å². The molecule has 3 aliphatic rings. The minimum Gasteiger partial charge on any atom is -0.503 e. The smallest absolute Gasteiger partial charge is 0.274 e. The van der Waals surface area contributed by atoms with E-state index in [2.05, 4.69) is 5.32 Å². The summed E-state index contributed by atoms with van der Waals surface area (Å²) >= 11 is 0. The number of carbonyl (C=O) groups is 2. The molecule has 2 fully saturated rings. The van der Waals surface area contributed by atoms with Crippen LogP contribution in [-0.4, -0.2) is 39.5 Å². The van der Waals surface area contributed by atoms with Crippen LogP contribution < -0.4 is 10.7 Å². The Morgan fingerprint density at radius 3 is 2.93 bits per heavy atom. The van der Waals surface area contributed by atoms with E-state index >= 15 is 0 Å². The number of carbonyl (C=O) groups excluding carboxylic acids is 2. The highest BCUT2D eigenvalue weighted by atomic mass is 19.1. The number of amides is 2. The molecule has 7 nitrogen and oxygen atoms in total. The van der Waals surface area contributed by atoms with Crippen LogP contribution in [0.15, 0.2) is 29.2 Å². The molecule has 1 aromatic carbocycles. The molecule has 2 N–H and O–H groups in total. The number of benzene rings is 1. The van der Waals surface area contributed by atoms with Crippen molar-refractivity contribution < 1.29 is 19.1 Å². The molecule has 5 rings (SSSR count). The number of rotatable bonds is 3. The molecule has 2 atom stereocenters. The summed E-state index contributed by atoms with van der Waals surface area (Å²) in [7, 11) is 0. The van der Waals surface area contributed by atoms with E-state index in [4.69, 9.17) is 0 Å². The zero-order valence-electron chi connectivity index (χ0n) is 16.6. The number of hydrogen-bond acceptors (Lipinski definition) is 4. The van der Waals surface area contributed by atoms with E-state index < -0.39 is 22.9 Å². The second-order valence-corrected chi connectivity index (χ2v) is 8.59.